The van der Waals surface area contributed by atoms with Gasteiger partial charge in [-0.3, -0.25) is 9.59 Å². The lowest BCUT2D eigenvalue weighted by atomic mass is 10.1. The number of amides is 2. The van der Waals surface area contributed by atoms with Crippen LogP contribution < -0.4 is 0 Å². The Hall–Kier alpha value is -3.15. The molecule has 29 heavy (non-hydrogen) atoms. The zero-order valence-corrected chi connectivity index (χ0v) is 16.4. The van der Waals surface area contributed by atoms with Crippen LogP contribution in [0, 0.1) is 0 Å². The van der Waals surface area contributed by atoms with Gasteiger partial charge in [0.1, 0.15) is 0 Å². The average Bonchev–Trinajstić information content (AvgIpc) is 2.74. The predicted octanol–water partition coefficient (Wildman–Crippen LogP) is 2.62. The lowest BCUT2D eigenvalue weighted by molar-refractivity contribution is -0.139. The van der Waals surface area contributed by atoms with E-state index in [2.05, 4.69) is 12.1 Å². The van der Waals surface area contributed by atoms with E-state index in [9.17, 15) is 14.4 Å². The van der Waals surface area contributed by atoms with Gasteiger partial charge in [-0.1, -0.05) is 42.5 Å². The van der Waals surface area contributed by atoms with E-state index in [1.54, 1.807) is 17.0 Å². The second-order valence-electron chi connectivity index (χ2n) is 7.28. The summed E-state index contributed by atoms with van der Waals surface area (Å²) in [6.07, 6.45) is 2.40. The first-order valence-electron chi connectivity index (χ1n) is 9.94. The van der Waals surface area contributed by atoms with Gasteiger partial charge >= 0.3 is 5.97 Å². The predicted molar refractivity (Wildman–Crippen MR) is 110 cm³/mol. The Labute approximate surface area is 170 Å². The molecule has 3 rings (SSSR count). The number of aromatic carboxylic acids is 1. The molecule has 2 amide bonds. The number of rotatable bonds is 7. The van der Waals surface area contributed by atoms with E-state index in [1.165, 1.54) is 17.7 Å². The van der Waals surface area contributed by atoms with Gasteiger partial charge < -0.3 is 14.9 Å². The number of benzene rings is 2. The number of carbonyl (C=O) groups is 3. The lowest BCUT2D eigenvalue weighted by Gasteiger charge is -2.35. The number of aryl methyl sites for hydroxylation is 1. The third-order valence-electron chi connectivity index (χ3n) is 5.21. The summed E-state index contributed by atoms with van der Waals surface area (Å²) in [7, 11) is 0. The van der Waals surface area contributed by atoms with Gasteiger partial charge in [0.25, 0.3) is 0 Å². The first-order chi connectivity index (χ1) is 14.0. The van der Waals surface area contributed by atoms with Gasteiger partial charge in [-0.2, -0.15) is 0 Å². The molecule has 1 aliphatic rings. The quantitative estimate of drug-likeness (QED) is 0.783. The molecule has 0 aliphatic carbocycles. The standard InChI is InChI=1S/C23H26N2O4/c26-21(11-5-8-18-6-2-1-3-7-18)24-12-14-25(15-13-24)22(27)17-19-9-4-10-20(16-19)23(28)29/h1-4,6-7,9-10,16H,5,8,11-15,17H2,(H,28,29). The SMILES string of the molecule is O=C(O)c1cccc(CC(=O)N2CCN(C(=O)CCCc3ccccc3)CC2)c1. The van der Waals surface area contributed by atoms with Crippen LogP contribution in [0.2, 0.25) is 0 Å². The maximum Gasteiger partial charge on any atom is 0.335 e. The molecule has 0 unspecified atom stereocenters. The Kier molecular flexibility index (Phi) is 7.00. The largest absolute Gasteiger partial charge is 0.478 e. The molecule has 2 aromatic rings. The molecule has 2 aromatic carbocycles. The van der Waals surface area contributed by atoms with E-state index < -0.39 is 5.97 Å². The lowest BCUT2D eigenvalue weighted by Crippen LogP contribution is -2.51. The highest BCUT2D eigenvalue weighted by molar-refractivity contribution is 5.88. The summed E-state index contributed by atoms with van der Waals surface area (Å²) in [5.41, 5.74) is 2.11. The summed E-state index contributed by atoms with van der Waals surface area (Å²) in [5.74, 6) is -0.899. The summed E-state index contributed by atoms with van der Waals surface area (Å²) < 4.78 is 0. The fourth-order valence-corrected chi connectivity index (χ4v) is 3.55. The number of carbonyl (C=O) groups excluding carboxylic acids is 2. The third kappa shape index (κ3) is 5.91. The van der Waals surface area contributed by atoms with Crippen LogP contribution in [-0.4, -0.2) is 58.9 Å². The van der Waals surface area contributed by atoms with Crippen molar-refractivity contribution < 1.29 is 19.5 Å². The van der Waals surface area contributed by atoms with Crippen molar-refractivity contribution in [1.29, 1.82) is 0 Å². The molecule has 0 spiro atoms. The van der Waals surface area contributed by atoms with Crippen LogP contribution in [0.1, 0.15) is 34.3 Å². The van der Waals surface area contributed by atoms with E-state index in [1.807, 2.05) is 23.1 Å². The topological polar surface area (TPSA) is 77.9 Å². The van der Waals surface area contributed by atoms with Crippen molar-refractivity contribution in [3.8, 4) is 0 Å². The van der Waals surface area contributed by atoms with E-state index in [0.717, 1.165) is 12.8 Å². The minimum atomic E-state index is -1.00. The van der Waals surface area contributed by atoms with Crippen molar-refractivity contribution in [3.63, 3.8) is 0 Å². The zero-order chi connectivity index (χ0) is 20.6. The van der Waals surface area contributed by atoms with Crippen LogP contribution in [0.4, 0.5) is 0 Å². The summed E-state index contributed by atoms with van der Waals surface area (Å²) in [5, 5.41) is 9.07. The molecule has 1 fully saturated rings. The molecule has 6 nitrogen and oxygen atoms in total. The van der Waals surface area contributed by atoms with Crippen LogP contribution in [-0.2, 0) is 22.4 Å². The van der Waals surface area contributed by atoms with Gasteiger partial charge in [0, 0.05) is 32.6 Å². The van der Waals surface area contributed by atoms with Gasteiger partial charge in [0.05, 0.1) is 12.0 Å². The summed E-state index contributed by atoms with van der Waals surface area (Å²) in [6, 6.07) is 16.6. The van der Waals surface area contributed by atoms with E-state index in [-0.39, 0.29) is 23.8 Å². The van der Waals surface area contributed by atoms with Crippen molar-refractivity contribution in [2.45, 2.75) is 25.7 Å². The van der Waals surface area contributed by atoms with E-state index in [0.29, 0.717) is 38.2 Å². The van der Waals surface area contributed by atoms with Crippen LogP contribution in [0.3, 0.4) is 0 Å². The second-order valence-corrected chi connectivity index (χ2v) is 7.28. The van der Waals surface area contributed by atoms with Crippen LogP contribution in [0.5, 0.6) is 0 Å². The van der Waals surface area contributed by atoms with Gasteiger partial charge in [0.15, 0.2) is 0 Å². The van der Waals surface area contributed by atoms with Gasteiger partial charge in [0.2, 0.25) is 11.8 Å². The van der Waals surface area contributed by atoms with Crippen molar-refractivity contribution in [2.75, 3.05) is 26.2 Å². The molecule has 0 saturated carbocycles. The van der Waals surface area contributed by atoms with E-state index in [4.69, 9.17) is 5.11 Å². The fraction of sp³-hybridized carbons (Fsp3) is 0.348. The Morgan fingerprint density at radius 3 is 2.07 bits per heavy atom. The molecule has 0 atom stereocenters. The smallest absolute Gasteiger partial charge is 0.335 e. The number of nitrogens with zero attached hydrogens (tertiary/aromatic N) is 2. The van der Waals surface area contributed by atoms with Gasteiger partial charge in [-0.15, -0.1) is 0 Å². The monoisotopic (exact) mass is 394 g/mol. The molecule has 1 N–H and O–H groups in total. The van der Waals surface area contributed by atoms with Crippen molar-refractivity contribution >= 4 is 17.8 Å². The summed E-state index contributed by atoms with van der Waals surface area (Å²) >= 11 is 0. The van der Waals surface area contributed by atoms with Crippen LogP contribution >= 0.6 is 0 Å². The Balaban J connectivity index is 1.42. The van der Waals surface area contributed by atoms with Crippen molar-refractivity contribution in [2.24, 2.45) is 0 Å². The average molecular weight is 394 g/mol. The Bertz CT molecular complexity index is 858. The Morgan fingerprint density at radius 1 is 0.793 bits per heavy atom. The normalized spacial score (nSPS) is 13.9. The minimum absolute atomic E-state index is 0.0382. The number of hydrogen-bond donors (Lipinski definition) is 1. The maximum atomic E-state index is 12.5. The van der Waals surface area contributed by atoms with Crippen LogP contribution in [0.15, 0.2) is 54.6 Å². The molecule has 0 bridgehead atoms. The molecular weight excluding hydrogens is 368 g/mol. The van der Waals surface area contributed by atoms with Crippen molar-refractivity contribution in [1.82, 2.24) is 9.80 Å². The molecule has 1 heterocycles. The maximum absolute atomic E-state index is 12.5. The van der Waals surface area contributed by atoms with Gasteiger partial charge in [-0.25, -0.2) is 4.79 Å². The van der Waals surface area contributed by atoms with E-state index >= 15 is 0 Å². The highest BCUT2D eigenvalue weighted by Gasteiger charge is 2.24. The van der Waals surface area contributed by atoms with Crippen molar-refractivity contribution in [3.05, 3.63) is 71.3 Å². The number of carboxylic acids is 1. The zero-order valence-electron chi connectivity index (χ0n) is 16.4. The molecular formula is C23H26N2O4. The first-order valence-corrected chi connectivity index (χ1v) is 9.94. The summed E-state index contributed by atoms with van der Waals surface area (Å²) in [4.78, 5) is 39.6. The molecule has 152 valence electrons. The van der Waals surface area contributed by atoms with Crippen LogP contribution in [0.25, 0.3) is 0 Å². The number of hydrogen-bond acceptors (Lipinski definition) is 3. The highest BCUT2D eigenvalue weighted by Crippen LogP contribution is 2.12. The molecule has 0 aromatic heterocycles. The highest BCUT2D eigenvalue weighted by atomic mass is 16.4. The number of piperazine rings is 1. The summed E-state index contributed by atoms with van der Waals surface area (Å²) in [6.45, 7) is 2.12. The Morgan fingerprint density at radius 2 is 1.41 bits per heavy atom. The number of carboxylic acid groups (broad SMARTS) is 1. The molecule has 6 heteroatoms. The fourth-order valence-electron chi connectivity index (χ4n) is 3.55. The second kappa shape index (κ2) is 9.87. The van der Waals surface area contributed by atoms with Gasteiger partial charge in [-0.05, 0) is 36.1 Å². The molecule has 1 saturated heterocycles. The minimum Gasteiger partial charge on any atom is -0.478 e. The third-order valence-corrected chi connectivity index (χ3v) is 5.21. The first kappa shape index (κ1) is 20.6. The molecule has 1 aliphatic heterocycles. The molecule has 0 radical (unpaired) electrons.